The first-order chi connectivity index (χ1) is 10.6. The fraction of sp³-hybridized carbons (Fsp3) is 0.176. The van der Waals surface area contributed by atoms with Gasteiger partial charge in [-0.1, -0.05) is 42.5 Å². The van der Waals surface area contributed by atoms with Crippen molar-refractivity contribution < 1.29 is 14.3 Å². The zero-order valence-corrected chi connectivity index (χ0v) is 12.1. The van der Waals surface area contributed by atoms with Crippen molar-refractivity contribution in [1.82, 2.24) is 5.32 Å². The SMILES string of the molecule is NC(=O)CCNC(=O)COc1ccc(-c2ccccc2)cc1. The molecule has 114 valence electrons. The maximum Gasteiger partial charge on any atom is 0.257 e. The van der Waals surface area contributed by atoms with Crippen LogP contribution in [0.5, 0.6) is 5.75 Å². The number of ether oxygens (including phenoxy) is 1. The van der Waals surface area contributed by atoms with Crippen LogP contribution in [0.15, 0.2) is 54.6 Å². The summed E-state index contributed by atoms with van der Waals surface area (Å²) in [5.74, 6) is -0.115. The molecule has 0 saturated heterocycles. The number of nitrogens with two attached hydrogens (primary N) is 1. The van der Waals surface area contributed by atoms with Crippen LogP contribution in [0.4, 0.5) is 0 Å². The number of carbonyl (C=O) groups is 2. The van der Waals surface area contributed by atoms with Gasteiger partial charge in [0.1, 0.15) is 5.75 Å². The number of nitrogens with one attached hydrogen (secondary N) is 1. The zero-order chi connectivity index (χ0) is 15.8. The van der Waals surface area contributed by atoms with Gasteiger partial charge in [0.15, 0.2) is 6.61 Å². The number of primary amides is 1. The third kappa shape index (κ3) is 4.94. The molecule has 0 heterocycles. The fourth-order valence-corrected chi connectivity index (χ4v) is 1.90. The molecule has 0 spiro atoms. The van der Waals surface area contributed by atoms with Gasteiger partial charge in [-0.25, -0.2) is 0 Å². The molecule has 0 aliphatic heterocycles. The number of benzene rings is 2. The molecule has 0 aliphatic carbocycles. The minimum Gasteiger partial charge on any atom is -0.484 e. The lowest BCUT2D eigenvalue weighted by atomic mass is 10.1. The minimum atomic E-state index is -0.447. The van der Waals surface area contributed by atoms with Crippen LogP contribution in [0.25, 0.3) is 11.1 Å². The van der Waals surface area contributed by atoms with E-state index in [0.717, 1.165) is 11.1 Å². The molecule has 0 radical (unpaired) electrons. The highest BCUT2D eigenvalue weighted by Crippen LogP contribution is 2.21. The van der Waals surface area contributed by atoms with Gasteiger partial charge in [0, 0.05) is 13.0 Å². The zero-order valence-electron chi connectivity index (χ0n) is 12.1. The summed E-state index contributed by atoms with van der Waals surface area (Å²) in [7, 11) is 0. The minimum absolute atomic E-state index is 0.0938. The van der Waals surface area contributed by atoms with Crippen molar-refractivity contribution in [2.75, 3.05) is 13.2 Å². The standard InChI is InChI=1S/C17H18N2O3/c18-16(20)10-11-19-17(21)12-22-15-8-6-14(7-9-15)13-4-2-1-3-5-13/h1-9H,10-12H2,(H2,18,20)(H,19,21). The van der Waals surface area contributed by atoms with E-state index in [9.17, 15) is 9.59 Å². The Balaban J connectivity index is 1.82. The van der Waals surface area contributed by atoms with E-state index in [0.29, 0.717) is 5.75 Å². The van der Waals surface area contributed by atoms with Crippen LogP contribution in [-0.2, 0) is 9.59 Å². The first-order valence-corrected chi connectivity index (χ1v) is 6.98. The highest BCUT2D eigenvalue weighted by molar-refractivity contribution is 5.79. The predicted octanol–water partition coefficient (Wildman–Crippen LogP) is 1.72. The van der Waals surface area contributed by atoms with Gasteiger partial charge < -0.3 is 15.8 Å². The monoisotopic (exact) mass is 298 g/mol. The summed E-state index contributed by atoms with van der Waals surface area (Å²) in [5, 5.41) is 2.56. The van der Waals surface area contributed by atoms with E-state index in [1.54, 1.807) is 0 Å². The van der Waals surface area contributed by atoms with E-state index in [-0.39, 0.29) is 25.5 Å². The number of carbonyl (C=O) groups excluding carboxylic acids is 2. The van der Waals surface area contributed by atoms with Crippen molar-refractivity contribution in [1.29, 1.82) is 0 Å². The van der Waals surface area contributed by atoms with Crippen LogP contribution < -0.4 is 15.8 Å². The second kappa shape index (κ2) is 7.83. The molecule has 5 nitrogen and oxygen atoms in total. The smallest absolute Gasteiger partial charge is 0.257 e. The van der Waals surface area contributed by atoms with Gasteiger partial charge in [0.25, 0.3) is 5.91 Å². The lowest BCUT2D eigenvalue weighted by molar-refractivity contribution is -0.123. The fourth-order valence-electron chi connectivity index (χ4n) is 1.90. The quantitative estimate of drug-likeness (QED) is 0.816. The molecule has 0 bridgehead atoms. The van der Waals surface area contributed by atoms with Crippen molar-refractivity contribution in [3.05, 3.63) is 54.6 Å². The lowest BCUT2D eigenvalue weighted by Crippen LogP contribution is -2.31. The molecule has 2 amide bonds. The molecular weight excluding hydrogens is 280 g/mol. The van der Waals surface area contributed by atoms with Gasteiger partial charge in [0.05, 0.1) is 0 Å². The Hall–Kier alpha value is -2.82. The number of hydrogen-bond donors (Lipinski definition) is 2. The number of amides is 2. The molecule has 3 N–H and O–H groups in total. The third-order valence-corrected chi connectivity index (χ3v) is 3.02. The second-order valence-corrected chi connectivity index (χ2v) is 4.75. The predicted molar refractivity (Wildman–Crippen MR) is 84.2 cm³/mol. The first-order valence-electron chi connectivity index (χ1n) is 6.98. The average molecular weight is 298 g/mol. The molecular formula is C17H18N2O3. The van der Waals surface area contributed by atoms with E-state index in [1.165, 1.54) is 0 Å². The van der Waals surface area contributed by atoms with Gasteiger partial charge in [-0.3, -0.25) is 9.59 Å². The maximum atomic E-state index is 11.5. The summed E-state index contributed by atoms with van der Waals surface area (Å²) in [6.07, 6.45) is 0.123. The average Bonchev–Trinajstić information content (AvgIpc) is 2.54. The van der Waals surface area contributed by atoms with E-state index in [1.807, 2.05) is 54.6 Å². The normalized spacial score (nSPS) is 10.0. The summed E-state index contributed by atoms with van der Waals surface area (Å²) in [6, 6.07) is 17.5. The first kappa shape index (κ1) is 15.6. The molecule has 0 aliphatic rings. The Morgan fingerprint density at radius 1 is 0.955 bits per heavy atom. The summed E-state index contributed by atoms with van der Waals surface area (Å²) < 4.78 is 5.39. The molecule has 0 atom stereocenters. The number of rotatable bonds is 7. The van der Waals surface area contributed by atoms with E-state index in [4.69, 9.17) is 10.5 Å². The van der Waals surface area contributed by atoms with Gasteiger partial charge in [-0.2, -0.15) is 0 Å². The van der Waals surface area contributed by atoms with Crippen LogP contribution in [0.1, 0.15) is 6.42 Å². The highest BCUT2D eigenvalue weighted by Gasteiger charge is 2.04. The van der Waals surface area contributed by atoms with E-state index >= 15 is 0 Å². The molecule has 2 rings (SSSR count). The molecule has 0 saturated carbocycles. The van der Waals surface area contributed by atoms with Crippen LogP contribution in [0, 0.1) is 0 Å². The molecule has 0 unspecified atom stereocenters. The van der Waals surface area contributed by atoms with Gasteiger partial charge in [0.2, 0.25) is 5.91 Å². The summed E-state index contributed by atoms with van der Waals surface area (Å²) >= 11 is 0. The number of hydrogen-bond acceptors (Lipinski definition) is 3. The Morgan fingerprint density at radius 2 is 1.59 bits per heavy atom. The second-order valence-electron chi connectivity index (χ2n) is 4.75. The summed E-state index contributed by atoms with van der Waals surface area (Å²) in [4.78, 5) is 22.0. The summed E-state index contributed by atoms with van der Waals surface area (Å²) in [5.41, 5.74) is 7.19. The van der Waals surface area contributed by atoms with E-state index < -0.39 is 5.91 Å². The van der Waals surface area contributed by atoms with E-state index in [2.05, 4.69) is 5.32 Å². The Morgan fingerprint density at radius 3 is 2.23 bits per heavy atom. The third-order valence-electron chi connectivity index (χ3n) is 3.02. The molecule has 5 heteroatoms. The van der Waals surface area contributed by atoms with Gasteiger partial charge in [-0.15, -0.1) is 0 Å². The summed E-state index contributed by atoms with van der Waals surface area (Å²) in [6.45, 7) is 0.133. The lowest BCUT2D eigenvalue weighted by Gasteiger charge is -2.08. The van der Waals surface area contributed by atoms with Crippen molar-refractivity contribution in [2.24, 2.45) is 5.73 Å². The molecule has 0 fully saturated rings. The Kier molecular flexibility index (Phi) is 5.54. The van der Waals surface area contributed by atoms with Crippen LogP contribution >= 0.6 is 0 Å². The van der Waals surface area contributed by atoms with Crippen molar-refractivity contribution >= 4 is 11.8 Å². The largest absolute Gasteiger partial charge is 0.484 e. The highest BCUT2D eigenvalue weighted by atomic mass is 16.5. The Bertz CT molecular complexity index is 624. The maximum absolute atomic E-state index is 11.5. The van der Waals surface area contributed by atoms with Crippen LogP contribution in [0.3, 0.4) is 0 Å². The van der Waals surface area contributed by atoms with Crippen LogP contribution in [-0.4, -0.2) is 25.0 Å². The Labute approximate surface area is 129 Å². The molecule has 0 aromatic heterocycles. The topological polar surface area (TPSA) is 81.4 Å². The molecule has 2 aromatic rings. The van der Waals surface area contributed by atoms with Crippen molar-refractivity contribution in [2.45, 2.75) is 6.42 Å². The van der Waals surface area contributed by atoms with Crippen molar-refractivity contribution in [3.8, 4) is 16.9 Å². The molecule has 22 heavy (non-hydrogen) atoms. The van der Waals surface area contributed by atoms with Crippen molar-refractivity contribution in [3.63, 3.8) is 0 Å². The van der Waals surface area contributed by atoms with Gasteiger partial charge >= 0.3 is 0 Å². The van der Waals surface area contributed by atoms with Gasteiger partial charge in [-0.05, 0) is 23.3 Å². The van der Waals surface area contributed by atoms with Crippen LogP contribution in [0.2, 0.25) is 0 Å². The molecule has 2 aromatic carbocycles.